The van der Waals surface area contributed by atoms with Crippen molar-refractivity contribution in [3.63, 3.8) is 0 Å². The van der Waals surface area contributed by atoms with Crippen LogP contribution in [0.2, 0.25) is 0 Å². The topological polar surface area (TPSA) is 38.0 Å². The highest BCUT2D eigenvalue weighted by Crippen LogP contribution is 2.24. The summed E-state index contributed by atoms with van der Waals surface area (Å²) in [6, 6.07) is 3.36. The van der Waals surface area contributed by atoms with Crippen molar-refractivity contribution in [1.29, 1.82) is 0 Å². The van der Waals surface area contributed by atoms with Gasteiger partial charge in [-0.05, 0) is 23.8 Å². The molecule has 0 spiro atoms. The van der Waals surface area contributed by atoms with Crippen molar-refractivity contribution >= 4 is 0 Å². The third kappa shape index (κ3) is 1.63. The van der Waals surface area contributed by atoms with Crippen LogP contribution in [-0.4, -0.2) is 19.1 Å². The fraction of sp³-hybridized carbons (Fsp3) is 0.400. The summed E-state index contributed by atoms with van der Waals surface area (Å²) < 4.78 is 26.2. The van der Waals surface area contributed by atoms with Gasteiger partial charge in [0.15, 0.2) is 0 Å². The van der Waals surface area contributed by atoms with Crippen molar-refractivity contribution in [2.75, 3.05) is 13.1 Å². The molecule has 2 unspecified atom stereocenters. The maximum atomic E-state index is 13.3. The normalized spacial score (nSPS) is 26.8. The van der Waals surface area contributed by atoms with Crippen molar-refractivity contribution in [1.82, 2.24) is 5.32 Å². The Labute approximate surface area is 81.1 Å². The van der Waals surface area contributed by atoms with Gasteiger partial charge in [-0.25, -0.2) is 8.78 Å². The molecule has 0 saturated carbocycles. The van der Waals surface area contributed by atoms with Crippen LogP contribution in [0, 0.1) is 11.6 Å². The molecular weight excluding hydrogens is 186 g/mol. The Hall–Kier alpha value is -1.00. The van der Waals surface area contributed by atoms with Crippen LogP contribution >= 0.6 is 0 Å². The average molecular weight is 198 g/mol. The Morgan fingerprint density at radius 2 is 2.07 bits per heavy atom. The second-order valence-electron chi connectivity index (χ2n) is 3.59. The lowest BCUT2D eigenvalue weighted by atomic mass is 9.94. The molecule has 0 radical (unpaired) electrons. The minimum absolute atomic E-state index is 0.120. The fourth-order valence-electron chi connectivity index (χ4n) is 1.84. The Bertz CT molecular complexity index is 341. The molecule has 1 aliphatic heterocycles. The Morgan fingerprint density at radius 1 is 1.29 bits per heavy atom. The van der Waals surface area contributed by atoms with Gasteiger partial charge in [0.05, 0.1) is 0 Å². The van der Waals surface area contributed by atoms with E-state index < -0.39 is 5.82 Å². The molecule has 2 nitrogen and oxygen atoms in total. The summed E-state index contributed by atoms with van der Waals surface area (Å²) in [4.78, 5) is 0. The summed E-state index contributed by atoms with van der Waals surface area (Å²) in [6.45, 7) is 1.27. The molecule has 1 aromatic rings. The summed E-state index contributed by atoms with van der Waals surface area (Å²) in [6.07, 6.45) is 0. The minimum atomic E-state index is -0.416. The van der Waals surface area contributed by atoms with Gasteiger partial charge in [0, 0.05) is 25.0 Å². The first-order chi connectivity index (χ1) is 6.68. The maximum absolute atomic E-state index is 13.3. The molecule has 0 amide bonds. The SMILES string of the molecule is NC1CNCC1c1cc(F)ccc1F. The van der Waals surface area contributed by atoms with Crippen LogP contribution in [0.4, 0.5) is 8.78 Å². The number of nitrogens with two attached hydrogens (primary N) is 1. The Morgan fingerprint density at radius 3 is 2.71 bits per heavy atom. The van der Waals surface area contributed by atoms with Gasteiger partial charge in [0.1, 0.15) is 11.6 Å². The zero-order valence-electron chi connectivity index (χ0n) is 7.63. The van der Waals surface area contributed by atoms with Crippen molar-refractivity contribution in [3.05, 3.63) is 35.4 Å². The van der Waals surface area contributed by atoms with Crippen LogP contribution < -0.4 is 11.1 Å². The van der Waals surface area contributed by atoms with Crippen LogP contribution in [0.15, 0.2) is 18.2 Å². The molecule has 0 aliphatic carbocycles. The van der Waals surface area contributed by atoms with Crippen LogP contribution in [-0.2, 0) is 0 Å². The van der Waals surface area contributed by atoms with Gasteiger partial charge in [0.2, 0.25) is 0 Å². The monoisotopic (exact) mass is 198 g/mol. The van der Waals surface area contributed by atoms with E-state index in [-0.39, 0.29) is 17.8 Å². The number of hydrogen-bond donors (Lipinski definition) is 2. The largest absolute Gasteiger partial charge is 0.326 e. The highest BCUT2D eigenvalue weighted by Gasteiger charge is 2.27. The molecule has 4 heteroatoms. The number of benzene rings is 1. The van der Waals surface area contributed by atoms with E-state index in [1.807, 2.05) is 0 Å². The molecule has 1 heterocycles. The van der Waals surface area contributed by atoms with E-state index >= 15 is 0 Å². The van der Waals surface area contributed by atoms with Gasteiger partial charge in [0.25, 0.3) is 0 Å². The first-order valence-electron chi connectivity index (χ1n) is 4.59. The maximum Gasteiger partial charge on any atom is 0.126 e. The van der Waals surface area contributed by atoms with E-state index in [4.69, 9.17) is 5.73 Å². The predicted molar refractivity (Wildman–Crippen MR) is 49.9 cm³/mol. The summed E-state index contributed by atoms with van der Waals surface area (Å²) in [7, 11) is 0. The Kier molecular flexibility index (Phi) is 2.48. The van der Waals surface area contributed by atoms with Gasteiger partial charge < -0.3 is 11.1 Å². The summed E-state index contributed by atoms with van der Waals surface area (Å²) in [5, 5.41) is 3.05. The van der Waals surface area contributed by atoms with E-state index in [9.17, 15) is 8.78 Å². The quantitative estimate of drug-likeness (QED) is 0.706. The fourth-order valence-corrected chi connectivity index (χ4v) is 1.84. The van der Waals surface area contributed by atoms with Gasteiger partial charge in [-0.3, -0.25) is 0 Å². The first-order valence-corrected chi connectivity index (χ1v) is 4.59. The smallest absolute Gasteiger partial charge is 0.126 e. The van der Waals surface area contributed by atoms with Gasteiger partial charge >= 0.3 is 0 Å². The van der Waals surface area contributed by atoms with Crippen molar-refractivity contribution < 1.29 is 8.78 Å². The minimum Gasteiger partial charge on any atom is -0.326 e. The number of halogens is 2. The molecule has 76 valence electrons. The third-order valence-corrected chi connectivity index (χ3v) is 2.62. The summed E-state index contributed by atoms with van der Waals surface area (Å²) in [5.74, 6) is -0.915. The molecular formula is C10H12F2N2. The van der Waals surface area contributed by atoms with E-state index in [1.54, 1.807) is 0 Å². The van der Waals surface area contributed by atoms with E-state index in [0.717, 1.165) is 12.1 Å². The number of rotatable bonds is 1. The molecule has 1 saturated heterocycles. The van der Waals surface area contributed by atoms with Crippen molar-refractivity contribution in [2.24, 2.45) is 5.73 Å². The molecule has 2 atom stereocenters. The molecule has 1 fully saturated rings. The average Bonchev–Trinajstić information content (AvgIpc) is 2.56. The second kappa shape index (κ2) is 3.63. The van der Waals surface area contributed by atoms with E-state index in [0.29, 0.717) is 18.7 Å². The lowest BCUT2D eigenvalue weighted by Gasteiger charge is -2.15. The molecule has 1 aromatic carbocycles. The number of hydrogen-bond acceptors (Lipinski definition) is 2. The highest BCUT2D eigenvalue weighted by molar-refractivity contribution is 5.26. The summed E-state index contributed by atoms with van der Waals surface area (Å²) in [5.41, 5.74) is 6.16. The van der Waals surface area contributed by atoms with Gasteiger partial charge in [-0.2, -0.15) is 0 Å². The van der Waals surface area contributed by atoms with Crippen molar-refractivity contribution in [2.45, 2.75) is 12.0 Å². The third-order valence-electron chi connectivity index (χ3n) is 2.62. The molecule has 3 N–H and O–H groups in total. The predicted octanol–water partition coefficient (Wildman–Crippen LogP) is 0.979. The zero-order valence-corrected chi connectivity index (χ0v) is 7.63. The van der Waals surface area contributed by atoms with Gasteiger partial charge in [-0.15, -0.1) is 0 Å². The molecule has 0 bridgehead atoms. The molecule has 0 aromatic heterocycles. The molecule has 2 rings (SSSR count). The second-order valence-corrected chi connectivity index (χ2v) is 3.59. The molecule has 1 aliphatic rings. The van der Waals surface area contributed by atoms with E-state index in [1.165, 1.54) is 6.07 Å². The number of nitrogens with one attached hydrogen (secondary N) is 1. The lowest BCUT2D eigenvalue weighted by Crippen LogP contribution is -2.28. The van der Waals surface area contributed by atoms with Crippen LogP contribution in [0.1, 0.15) is 11.5 Å². The van der Waals surface area contributed by atoms with E-state index in [2.05, 4.69) is 5.32 Å². The molecule has 14 heavy (non-hydrogen) atoms. The standard InChI is InChI=1S/C10H12F2N2/c11-6-1-2-9(12)7(3-6)8-4-14-5-10(8)13/h1-3,8,10,14H,4-5,13H2. The lowest BCUT2D eigenvalue weighted by molar-refractivity contribution is 0.550. The van der Waals surface area contributed by atoms with Crippen LogP contribution in [0.3, 0.4) is 0 Å². The Balaban J connectivity index is 2.34. The van der Waals surface area contributed by atoms with Crippen molar-refractivity contribution in [3.8, 4) is 0 Å². The van der Waals surface area contributed by atoms with Gasteiger partial charge in [-0.1, -0.05) is 0 Å². The van der Waals surface area contributed by atoms with Crippen LogP contribution in [0.5, 0.6) is 0 Å². The summed E-state index contributed by atoms with van der Waals surface area (Å²) >= 11 is 0. The van der Waals surface area contributed by atoms with Crippen LogP contribution in [0.25, 0.3) is 0 Å². The highest BCUT2D eigenvalue weighted by atomic mass is 19.1. The zero-order chi connectivity index (χ0) is 10.1. The first kappa shape index (κ1) is 9.55.